The zero-order chi connectivity index (χ0) is 37.4. The van der Waals surface area contributed by atoms with Crippen LogP contribution in [0.4, 0.5) is 23.7 Å². The molecule has 0 saturated carbocycles. The monoisotopic (exact) mass is 764 g/mol. The van der Waals surface area contributed by atoms with E-state index in [2.05, 4.69) is 17.3 Å². The largest absolute Gasteiger partial charge is 0.497 e. The molecule has 0 aromatic heterocycles. The summed E-state index contributed by atoms with van der Waals surface area (Å²) in [5.74, 6) is -1.51. The Morgan fingerprint density at radius 1 is 0.942 bits per heavy atom. The number of carbonyl (C=O) groups excluding carboxylic acids is 2. The summed E-state index contributed by atoms with van der Waals surface area (Å²) >= 11 is 6.30. The van der Waals surface area contributed by atoms with E-state index in [0.29, 0.717) is 29.2 Å². The third kappa shape index (κ3) is 6.85. The molecule has 3 aromatic carbocycles. The number of halogens is 4. The number of sulfonamides is 1. The van der Waals surface area contributed by atoms with Crippen molar-refractivity contribution in [2.24, 2.45) is 11.8 Å². The minimum Gasteiger partial charge on any atom is -0.497 e. The van der Waals surface area contributed by atoms with E-state index in [1.807, 2.05) is 0 Å². The highest BCUT2D eigenvalue weighted by molar-refractivity contribution is 7.93. The Morgan fingerprint density at radius 3 is 2.23 bits per heavy atom. The van der Waals surface area contributed by atoms with Crippen LogP contribution < -0.4 is 23.8 Å². The number of anilines is 1. The standard InChI is InChI=1S/C36H40ClF3N4O7S/c1-42-14-10-22(11-15-42)23-12-16-43(17-13-23)35(46)41-36(25-6-4-5-7-30(25)51-21-33(39)40)26-19-27(37)28(38)20-29(26)44(34(36)45)52(47,48)32-9-8-24(49-2)18-31(32)50-3/h4-9,18-20,22-23,33H,10-17,21H2,1-3H3,(H,41,46). The highest BCUT2D eigenvalue weighted by Gasteiger charge is 2.59. The Bertz CT molecular complexity index is 1940. The van der Waals surface area contributed by atoms with Crippen LogP contribution in [0.15, 0.2) is 59.5 Å². The van der Waals surface area contributed by atoms with E-state index in [4.69, 9.17) is 25.8 Å². The fourth-order valence-corrected chi connectivity index (χ4v) is 9.29. The summed E-state index contributed by atoms with van der Waals surface area (Å²) in [4.78, 5) is 32.8. The van der Waals surface area contributed by atoms with E-state index in [-0.39, 0.29) is 28.4 Å². The lowest BCUT2D eigenvalue weighted by molar-refractivity contribution is -0.121. The lowest BCUT2D eigenvalue weighted by atomic mass is 9.79. The molecule has 52 heavy (non-hydrogen) atoms. The molecule has 1 unspecified atom stereocenters. The number of likely N-dealkylation sites (tertiary alicyclic amines) is 2. The van der Waals surface area contributed by atoms with Crippen LogP contribution in [0.1, 0.15) is 36.8 Å². The maximum Gasteiger partial charge on any atom is 0.318 e. The number of ether oxygens (including phenoxy) is 3. The van der Waals surface area contributed by atoms with Gasteiger partial charge in [-0.25, -0.2) is 26.4 Å². The van der Waals surface area contributed by atoms with Gasteiger partial charge >= 0.3 is 6.03 Å². The van der Waals surface area contributed by atoms with E-state index < -0.39 is 62.0 Å². The molecule has 0 aliphatic carbocycles. The number of urea groups is 1. The van der Waals surface area contributed by atoms with Crippen LogP contribution in [0.2, 0.25) is 5.02 Å². The second-order valence-corrected chi connectivity index (χ2v) is 15.4. The lowest BCUT2D eigenvalue weighted by Gasteiger charge is -2.40. The molecule has 3 aliphatic rings. The maximum absolute atomic E-state index is 15.3. The van der Waals surface area contributed by atoms with Crippen molar-refractivity contribution in [3.63, 3.8) is 0 Å². The minimum atomic E-state index is -4.94. The van der Waals surface area contributed by atoms with Gasteiger partial charge in [0.05, 0.1) is 24.9 Å². The van der Waals surface area contributed by atoms with Gasteiger partial charge in [0.2, 0.25) is 0 Å². The van der Waals surface area contributed by atoms with Crippen molar-refractivity contribution in [3.8, 4) is 17.2 Å². The van der Waals surface area contributed by atoms with Crippen molar-refractivity contribution in [2.45, 2.75) is 42.5 Å². The fraction of sp³-hybridized carbons (Fsp3) is 0.444. The summed E-state index contributed by atoms with van der Waals surface area (Å²) in [6.45, 7) is 1.67. The van der Waals surface area contributed by atoms with Gasteiger partial charge in [0, 0.05) is 36.3 Å². The number of rotatable bonds is 10. The van der Waals surface area contributed by atoms with Crippen molar-refractivity contribution in [2.75, 3.05) is 58.4 Å². The average Bonchev–Trinajstić information content (AvgIpc) is 3.37. The Balaban J connectivity index is 1.46. The van der Waals surface area contributed by atoms with E-state index in [0.717, 1.165) is 50.9 Å². The molecule has 6 rings (SSSR count). The summed E-state index contributed by atoms with van der Waals surface area (Å²) in [6.07, 6.45) is 0.680. The molecule has 2 saturated heterocycles. The third-order valence-corrected chi connectivity index (χ3v) is 12.3. The van der Waals surface area contributed by atoms with E-state index >= 15 is 9.18 Å². The smallest absolute Gasteiger partial charge is 0.318 e. The van der Waals surface area contributed by atoms with Crippen LogP contribution in [-0.4, -0.2) is 90.6 Å². The zero-order valence-electron chi connectivity index (χ0n) is 28.9. The molecule has 16 heteroatoms. The molecule has 3 heterocycles. The molecule has 11 nitrogen and oxygen atoms in total. The summed E-state index contributed by atoms with van der Waals surface area (Å²) in [6, 6.07) is 10.6. The van der Waals surface area contributed by atoms with Gasteiger partial charge in [-0.3, -0.25) is 4.79 Å². The fourth-order valence-electron chi connectivity index (χ4n) is 7.52. The SMILES string of the molecule is COc1ccc(S(=O)(=O)N2C(=O)C(NC(=O)N3CCC(C4CCN(C)CC4)CC3)(c3ccccc3OCC(F)F)c3cc(Cl)c(F)cc32)c(OC)c1. The van der Waals surface area contributed by atoms with Crippen molar-refractivity contribution < 1.29 is 45.4 Å². The van der Waals surface area contributed by atoms with Crippen LogP contribution in [0, 0.1) is 17.7 Å². The first-order chi connectivity index (χ1) is 24.8. The predicted octanol–water partition coefficient (Wildman–Crippen LogP) is 5.88. The molecular weight excluding hydrogens is 725 g/mol. The third-order valence-electron chi connectivity index (χ3n) is 10.3. The van der Waals surface area contributed by atoms with Gasteiger partial charge in [0.15, 0.2) is 5.54 Å². The van der Waals surface area contributed by atoms with Crippen LogP contribution >= 0.6 is 11.6 Å². The Labute approximate surface area is 305 Å². The van der Waals surface area contributed by atoms with Gasteiger partial charge < -0.3 is 29.3 Å². The molecule has 3 aromatic rings. The van der Waals surface area contributed by atoms with Crippen molar-refractivity contribution in [3.05, 3.63) is 76.6 Å². The summed E-state index contributed by atoms with van der Waals surface area (Å²) in [5, 5.41) is 2.31. The highest BCUT2D eigenvalue weighted by Crippen LogP contribution is 2.51. The molecular formula is C36H40ClF3N4O7S. The van der Waals surface area contributed by atoms with Gasteiger partial charge in [-0.15, -0.1) is 0 Å². The second kappa shape index (κ2) is 15.0. The van der Waals surface area contributed by atoms with E-state index in [1.54, 1.807) is 0 Å². The topological polar surface area (TPSA) is 118 Å². The van der Waals surface area contributed by atoms with Gasteiger partial charge in [0.25, 0.3) is 22.4 Å². The quantitative estimate of drug-likeness (QED) is 0.272. The van der Waals surface area contributed by atoms with Gasteiger partial charge in [0.1, 0.15) is 34.6 Å². The summed E-state index contributed by atoms with van der Waals surface area (Å²) < 4.78 is 87.8. The molecule has 1 N–H and O–H groups in total. The number of hydrogen-bond donors (Lipinski definition) is 1. The number of alkyl halides is 2. The number of carbonyl (C=O) groups is 2. The number of methoxy groups -OCH3 is 2. The van der Waals surface area contributed by atoms with E-state index in [9.17, 15) is 22.0 Å². The van der Waals surface area contributed by atoms with E-state index in [1.165, 1.54) is 61.6 Å². The Morgan fingerprint density at radius 2 is 1.60 bits per heavy atom. The van der Waals surface area contributed by atoms with Crippen molar-refractivity contribution >= 4 is 39.2 Å². The molecule has 2 fully saturated rings. The number of benzene rings is 3. The summed E-state index contributed by atoms with van der Waals surface area (Å²) in [5.41, 5.74) is -3.24. The minimum absolute atomic E-state index is 0.154. The number of hydrogen-bond acceptors (Lipinski definition) is 8. The molecule has 0 radical (unpaired) electrons. The van der Waals surface area contributed by atoms with Crippen molar-refractivity contribution in [1.29, 1.82) is 0 Å². The second-order valence-electron chi connectivity index (χ2n) is 13.2. The highest BCUT2D eigenvalue weighted by atomic mass is 35.5. The first-order valence-corrected chi connectivity index (χ1v) is 18.7. The molecule has 0 spiro atoms. The number of piperidine rings is 2. The Hall–Kier alpha value is -4.21. The predicted molar refractivity (Wildman–Crippen MR) is 187 cm³/mol. The van der Waals surface area contributed by atoms with Gasteiger partial charge in [-0.05, 0) is 81.9 Å². The summed E-state index contributed by atoms with van der Waals surface area (Å²) in [7, 11) is -0.241. The normalized spacial score (nSPS) is 20.3. The first-order valence-electron chi connectivity index (χ1n) is 16.9. The van der Waals surface area contributed by atoms with Gasteiger partial charge in [-0.2, -0.15) is 4.31 Å². The van der Waals surface area contributed by atoms with Crippen LogP contribution in [-0.2, 0) is 20.4 Å². The Kier molecular flexibility index (Phi) is 10.9. The molecule has 3 amide bonds. The van der Waals surface area contributed by atoms with Gasteiger partial charge in [-0.1, -0.05) is 29.8 Å². The van der Waals surface area contributed by atoms with Crippen LogP contribution in [0.5, 0.6) is 17.2 Å². The maximum atomic E-state index is 15.3. The first kappa shape index (κ1) is 37.5. The molecule has 3 aliphatic heterocycles. The number of nitrogens with one attached hydrogen (secondary N) is 1. The van der Waals surface area contributed by atoms with Crippen LogP contribution in [0.25, 0.3) is 0 Å². The number of para-hydroxylation sites is 1. The number of amides is 3. The van der Waals surface area contributed by atoms with Crippen molar-refractivity contribution in [1.82, 2.24) is 15.1 Å². The zero-order valence-corrected chi connectivity index (χ0v) is 30.5. The number of fused-ring (bicyclic) bond motifs is 1. The molecule has 1 atom stereocenters. The lowest BCUT2D eigenvalue weighted by Crippen LogP contribution is -2.58. The number of nitrogens with zero attached hydrogens (tertiary/aromatic N) is 3. The molecule has 280 valence electrons. The average molecular weight is 765 g/mol. The molecule has 0 bridgehead atoms. The van der Waals surface area contributed by atoms with Crippen LogP contribution in [0.3, 0.4) is 0 Å².